The molecule has 3 aromatic carbocycles. The van der Waals surface area contributed by atoms with Crippen LogP contribution >= 0.6 is 34.8 Å². The van der Waals surface area contributed by atoms with Gasteiger partial charge in [0.2, 0.25) is 0 Å². The van der Waals surface area contributed by atoms with Crippen LogP contribution in [0, 0.1) is 0 Å². The fourth-order valence-corrected chi connectivity index (χ4v) is 3.35. The summed E-state index contributed by atoms with van der Waals surface area (Å²) in [6, 6.07) is 18.8. The summed E-state index contributed by atoms with van der Waals surface area (Å²) in [5.74, 6) is 1.41. The Morgan fingerprint density at radius 1 is 0.815 bits per heavy atom. The third-order valence-electron chi connectivity index (χ3n) is 4.04. The van der Waals surface area contributed by atoms with Crippen LogP contribution in [0.5, 0.6) is 11.5 Å². The van der Waals surface area contributed by atoms with Crippen LogP contribution in [-0.4, -0.2) is 7.11 Å². The van der Waals surface area contributed by atoms with E-state index in [4.69, 9.17) is 44.3 Å². The van der Waals surface area contributed by atoms with Crippen LogP contribution in [0.2, 0.25) is 15.1 Å². The summed E-state index contributed by atoms with van der Waals surface area (Å²) < 4.78 is 11.2. The largest absolute Gasteiger partial charge is 0.495 e. The van der Waals surface area contributed by atoms with E-state index >= 15 is 0 Å². The predicted octanol–water partition coefficient (Wildman–Crippen LogP) is 6.85. The Kier molecular flexibility index (Phi) is 6.73. The van der Waals surface area contributed by atoms with Crippen LogP contribution in [0.3, 0.4) is 0 Å². The Morgan fingerprint density at radius 2 is 1.56 bits per heavy atom. The first kappa shape index (κ1) is 19.7. The molecule has 0 aliphatic heterocycles. The molecule has 0 saturated heterocycles. The molecule has 0 unspecified atom stereocenters. The van der Waals surface area contributed by atoms with Gasteiger partial charge in [0.25, 0.3) is 0 Å². The molecule has 140 valence electrons. The smallest absolute Gasteiger partial charge is 0.137 e. The van der Waals surface area contributed by atoms with Gasteiger partial charge in [-0.1, -0.05) is 59.1 Å². The maximum Gasteiger partial charge on any atom is 0.137 e. The Morgan fingerprint density at radius 3 is 2.26 bits per heavy atom. The first-order valence-corrected chi connectivity index (χ1v) is 9.43. The zero-order valence-corrected chi connectivity index (χ0v) is 16.9. The second-order valence-electron chi connectivity index (χ2n) is 5.80. The van der Waals surface area contributed by atoms with Crippen LogP contribution in [-0.2, 0) is 13.2 Å². The van der Waals surface area contributed by atoms with Gasteiger partial charge in [0.1, 0.15) is 18.1 Å². The highest BCUT2D eigenvalue weighted by Crippen LogP contribution is 2.29. The van der Waals surface area contributed by atoms with E-state index < -0.39 is 0 Å². The number of nitrogens with one attached hydrogen (secondary N) is 1. The summed E-state index contributed by atoms with van der Waals surface area (Å²) in [5.41, 5.74) is 2.67. The molecule has 6 heteroatoms. The van der Waals surface area contributed by atoms with E-state index in [-0.39, 0.29) is 0 Å². The molecule has 0 heterocycles. The summed E-state index contributed by atoms with van der Waals surface area (Å²) in [4.78, 5) is 0. The highest BCUT2D eigenvalue weighted by atomic mass is 35.5. The van der Waals surface area contributed by atoms with Gasteiger partial charge in [-0.15, -0.1) is 0 Å². The number of para-hydroxylation sites is 1. The van der Waals surface area contributed by atoms with Crippen molar-refractivity contribution in [2.24, 2.45) is 0 Å². The molecule has 0 radical (unpaired) electrons. The number of hydrogen-bond donors (Lipinski definition) is 1. The van der Waals surface area contributed by atoms with Crippen molar-refractivity contribution < 1.29 is 9.47 Å². The number of ether oxygens (including phenoxy) is 2. The molecule has 0 aliphatic rings. The maximum absolute atomic E-state index is 6.22. The van der Waals surface area contributed by atoms with Crippen LogP contribution in [0.1, 0.15) is 11.1 Å². The lowest BCUT2D eigenvalue weighted by Gasteiger charge is -2.14. The average molecular weight is 423 g/mol. The zero-order valence-electron chi connectivity index (χ0n) is 14.6. The predicted molar refractivity (Wildman–Crippen MR) is 113 cm³/mol. The topological polar surface area (TPSA) is 30.5 Å². The third kappa shape index (κ3) is 5.01. The fraction of sp³-hybridized carbons (Fsp3) is 0.143. The molecule has 0 saturated carbocycles. The molecule has 3 rings (SSSR count). The van der Waals surface area contributed by atoms with Crippen molar-refractivity contribution in [2.75, 3.05) is 12.4 Å². The van der Waals surface area contributed by atoms with Gasteiger partial charge in [-0.3, -0.25) is 0 Å². The van der Waals surface area contributed by atoms with Crippen molar-refractivity contribution in [2.45, 2.75) is 13.2 Å². The zero-order chi connectivity index (χ0) is 19.2. The monoisotopic (exact) mass is 421 g/mol. The van der Waals surface area contributed by atoms with Gasteiger partial charge in [-0.25, -0.2) is 0 Å². The number of rotatable bonds is 7. The van der Waals surface area contributed by atoms with Crippen molar-refractivity contribution in [3.63, 3.8) is 0 Å². The van der Waals surface area contributed by atoms with Crippen molar-refractivity contribution >= 4 is 40.5 Å². The van der Waals surface area contributed by atoms with E-state index in [9.17, 15) is 0 Å². The van der Waals surface area contributed by atoms with Gasteiger partial charge in [0, 0.05) is 33.4 Å². The van der Waals surface area contributed by atoms with E-state index in [1.807, 2.05) is 48.5 Å². The van der Waals surface area contributed by atoms with E-state index in [0.29, 0.717) is 34.0 Å². The van der Waals surface area contributed by atoms with Crippen LogP contribution < -0.4 is 14.8 Å². The Hall–Kier alpha value is -2.07. The minimum atomic E-state index is 0.296. The van der Waals surface area contributed by atoms with E-state index in [1.54, 1.807) is 19.2 Å². The highest BCUT2D eigenvalue weighted by Gasteiger charge is 2.09. The Balaban J connectivity index is 1.70. The molecule has 3 nitrogen and oxygen atoms in total. The van der Waals surface area contributed by atoms with Gasteiger partial charge in [-0.05, 0) is 36.4 Å². The summed E-state index contributed by atoms with van der Waals surface area (Å²) in [6.45, 7) is 0.874. The summed E-state index contributed by atoms with van der Waals surface area (Å²) >= 11 is 18.6. The number of halogens is 3. The van der Waals surface area contributed by atoms with Gasteiger partial charge in [0.05, 0.1) is 12.1 Å². The molecular weight excluding hydrogens is 405 g/mol. The van der Waals surface area contributed by atoms with Crippen molar-refractivity contribution in [3.05, 3.63) is 86.9 Å². The Bertz CT molecular complexity index is 911. The van der Waals surface area contributed by atoms with Gasteiger partial charge >= 0.3 is 0 Å². The second-order valence-corrected chi connectivity index (χ2v) is 7.02. The SMILES string of the molecule is COc1ccc(NCc2ccccc2OCc2c(Cl)cccc2Cl)cc1Cl. The lowest BCUT2D eigenvalue weighted by atomic mass is 10.2. The first-order chi connectivity index (χ1) is 13.1. The van der Waals surface area contributed by atoms with Crippen LogP contribution in [0.15, 0.2) is 60.7 Å². The summed E-state index contributed by atoms with van der Waals surface area (Å²) in [6.07, 6.45) is 0. The number of methoxy groups -OCH3 is 1. The van der Waals surface area contributed by atoms with E-state index in [2.05, 4.69) is 5.32 Å². The van der Waals surface area contributed by atoms with Gasteiger partial charge in [-0.2, -0.15) is 0 Å². The molecule has 1 N–H and O–H groups in total. The lowest BCUT2D eigenvalue weighted by molar-refractivity contribution is 0.303. The molecular formula is C21H18Cl3NO2. The lowest BCUT2D eigenvalue weighted by Crippen LogP contribution is -2.04. The fourth-order valence-electron chi connectivity index (χ4n) is 2.58. The number of benzene rings is 3. The minimum absolute atomic E-state index is 0.296. The van der Waals surface area contributed by atoms with Gasteiger partial charge < -0.3 is 14.8 Å². The van der Waals surface area contributed by atoms with Gasteiger partial charge in [0.15, 0.2) is 0 Å². The molecule has 0 bridgehead atoms. The number of hydrogen-bond acceptors (Lipinski definition) is 3. The van der Waals surface area contributed by atoms with E-state index in [0.717, 1.165) is 22.6 Å². The quantitative estimate of drug-likeness (QED) is 0.452. The van der Waals surface area contributed by atoms with Crippen molar-refractivity contribution in [1.82, 2.24) is 0 Å². The van der Waals surface area contributed by atoms with Crippen molar-refractivity contribution in [1.29, 1.82) is 0 Å². The molecule has 3 aromatic rings. The third-order valence-corrected chi connectivity index (χ3v) is 5.04. The maximum atomic E-state index is 6.22. The first-order valence-electron chi connectivity index (χ1n) is 8.29. The highest BCUT2D eigenvalue weighted by molar-refractivity contribution is 6.36. The van der Waals surface area contributed by atoms with Crippen LogP contribution in [0.4, 0.5) is 5.69 Å². The molecule has 0 amide bonds. The van der Waals surface area contributed by atoms with Crippen molar-refractivity contribution in [3.8, 4) is 11.5 Å². The molecule has 0 atom stereocenters. The molecule has 0 spiro atoms. The average Bonchev–Trinajstić information content (AvgIpc) is 2.67. The normalized spacial score (nSPS) is 10.5. The number of anilines is 1. The molecule has 0 aliphatic carbocycles. The summed E-state index contributed by atoms with van der Waals surface area (Å²) in [5, 5.41) is 5.08. The minimum Gasteiger partial charge on any atom is -0.495 e. The standard InChI is InChI=1S/C21H18Cl3NO2/c1-26-21-10-9-15(11-19(21)24)25-12-14-5-2-3-8-20(14)27-13-16-17(22)6-4-7-18(16)23/h2-11,25H,12-13H2,1H3. The second kappa shape index (κ2) is 9.23. The Labute approximate surface area is 173 Å². The van der Waals surface area contributed by atoms with E-state index in [1.165, 1.54) is 0 Å². The molecule has 27 heavy (non-hydrogen) atoms. The molecule has 0 fully saturated rings. The van der Waals surface area contributed by atoms with Crippen LogP contribution in [0.25, 0.3) is 0 Å². The summed E-state index contributed by atoms with van der Waals surface area (Å²) in [7, 11) is 1.59. The molecule has 0 aromatic heterocycles.